The fraction of sp³-hybridized carbons (Fsp3) is 0.333. The van der Waals surface area contributed by atoms with Crippen LogP contribution in [-0.2, 0) is 0 Å². The van der Waals surface area contributed by atoms with Gasteiger partial charge in [0.25, 0.3) is 0 Å². The summed E-state index contributed by atoms with van der Waals surface area (Å²) >= 11 is 1.65. The lowest BCUT2D eigenvalue weighted by Gasteiger charge is -2.16. The van der Waals surface area contributed by atoms with E-state index in [1.54, 1.807) is 11.3 Å². The van der Waals surface area contributed by atoms with Crippen molar-refractivity contribution in [2.45, 2.75) is 19.3 Å². The molecule has 0 bridgehead atoms. The highest BCUT2D eigenvalue weighted by molar-refractivity contribution is 7.08. The number of anilines is 1. The molecule has 0 aliphatic heterocycles. The van der Waals surface area contributed by atoms with Crippen LogP contribution in [0, 0.1) is 5.41 Å². The minimum atomic E-state index is 0.253. The molecule has 0 radical (unpaired) electrons. The van der Waals surface area contributed by atoms with Crippen molar-refractivity contribution in [2.24, 2.45) is 5.41 Å². The number of thiophene rings is 1. The van der Waals surface area contributed by atoms with Crippen LogP contribution in [0.1, 0.15) is 19.3 Å². The number of nitrogens with zero attached hydrogens (tertiary/aromatic N) is 2. The maximum absolute atomic E-state index is 9.23. The molecule has 2 aromatic heterocycles. The first kappa shape index (κ1) is 14.6. The smallest absolute Gasteiger partial charge is 0.162 e. The molecule has 2 N–H and O–H groups in total. The van der Waals surface area contributed by atoms with Crippen molar-refractivity contribution >= 4 is 28.1 Å². The van der Waals surface area contributed by atoms with Gasteiger partial charge in [-0.3, -0.25) is 0 Å². The van der Waals surface area contributed by atoms with Crippen LogP contribution < -0.4 is 5.32 Å². The Balaban J connectivity index is 1.69. The van der Waals surface area contributed by atoms with E-state index < -0.39 is 0 Å². The van der Waals surface area contributed by atoms with Crippen molar-refractivity contribution in [2.75, 3.05) is 18.5 Å². The summed E-state index contributed by atoms with van der Waals surface area (Å²) in [7, 11) is 0. The van der Waals surface area contributed by atoms with Gasteiger partial charge in [0.15, 0.2) is 5.82 Å². The number of nitrogens with one attached hydrogen (secondary N) is 1. The van der Waals surface area contributed by atoms with Gasteiger partial charge in [-0.2, -0.15) is 11.3 Å². The van der Waals surface area contributed by atoms with Gasteiger partial charge in [-0.05, 0) is 48.3 Å². The lowest BCUT2D eigenvalue weighted by molar-refractivity contribution is 0.253. The maximum atomic E-state index is 9.23. The molecule has 4 rings (SSSR count). The zero-order chi connectivity index (χ0) is 15.7. The van der Waals surface area contributed by atoms with Gasteiger partial charge in [0.05, 0.1) is 5.52 Å². The van der Waals surface area contributed by atoms with Crippen LogP contribution in [0.25, 0.3) is 22.3 Å². The number of rotatable bonds is 6. The molecule has 0 saturated heterocycles. The summed E-state index contributed by atoms with van der Waals surface area (Å²) < 4.78 is 0. The molecular formula is C18H19N3OS. The zero-order valence-electron chi connectivity index (χ0n) is 12.8. The largest absolute Gasteiger partial charge is 0.396 e. The summed E-state index contributed by atoms with van der Waals surface area (Å²) in [6.45, 7) is 1.12. The van der Waals surface area contributed by atoms with Gasteiger partial charge >= 0.3 is 0 Å². The highest BCUT2D eigenvalue weighted by atomic mass is 32.1. The summed E-state index contributed by atoms with van der Waals surface area (Å²) in [5.74, 6) is 1.65. The SMILES string of the molecule is OCCC1(CNc2nc(-c3ccsc3)nc3ccccc23)CC1. The third kappa shape index (κ3) is 2.94. The van der Waals surface area contributed by atoms with Crippen LogP contribution >= 0.6 is 11.3 Å². The van der Waals surface area contributed by atoms with Gasteiger partial charge in [-0.25, -0.2) is 9.97 Å². The van der Waals surface area contributed by atoms with E-state index in [0.29, 0.717) is 0 Å². The van der Waals surface area contributed by atoms with Crippen LogP contribution in [0.5, 0.6) is 0 Å². The van der Waals surface area contributed by atoms with Gasteiger partial charge in [0, 0.05) is 29.5 Å². The lowest BCUT2D eigenvalue weighted by atomic mass is 10.0. The molecule has 0 spiro atoms. The highest BCUT2D eigenvalue weighted by Gasteiger charge is 2.41. The third-order valence-corrected chi connectivity index (χ3v) is 5.30. The molecule has 2 heterocycles. The summed E-state index contributed by atoms with van der Waals surface area (Å²) in [6, 6.07) is 10.2. The number of aromatic nitrogens is 2. The number of para-hydroxylation sites is 1. The van der Waals surface area contributed by atoms with Gasteiger partial charge in [-0.1, -0.05) is 12.1 Å². The molecule has 1 aromatic carbocycles. The Hall–Kier alpha value is -1.98. The Kier molecular flexibility index (Phi) is 3.75. The van der Waals surface area contributed by atoms with E-state index >= 15 is 0 Å². The molecule has 23 heavy (non-hydrogen) atoms. The molecule has 3 aromatic rings. The maximum Gasteiger partial charge on any atom is 0.162 e. The van der Waals surface area contributed by atoms with E-state index in [9.17, 15) is 5.11 Å². The topological polar surface area (TPSA) is 58.0 Å². The Morgan fingerprint density at radius 3 is 2.78 bits per heavy atom. The first-order valence-electron chi connectivity index (χ1n) is 7.94. The molecule has 0 atom stereocenters. The van der Waals surface area contributed by atoms with E-state index in [1.165, 1.54) is 12.8 Å². The van der Waals surface area contributed by atoms with Crippen molar-refractivity contribution in [3.05, 3.63) is 41.1 Å². The Morgan fingerprint density at radius 1 is 1.17 bits per heavy atom. The van der Waals surface area contributed by atoms with Crippen LogP contribution in [0.2, 0.25) is 0 Å². The molecule has 1 fully saturated rings. The highest BCUT2D eigenvalue weighted by Crippen LogP contribution is 2.48. The molecule has 5 heteroatoms. The van der Waals surface area contributed by atoms with Crippen LogP contribution in [0.3, 0.4) is 0 Å². The second-order valence-electron chi connectivity index (χ2n) is 6.25. The predicted molar refractivity (Wildman–Crippen MR) is 94.7 cm³/mol. The average Bonchev–Trinajstić information content (AvgIpc) is 3.12. The van der Waals surface area contributed by atoms with Crippen molar-refractivity contribution in [3.63, 3.8) is 0 Å². The van der Waals surface area contributed by atoms with E-state index in [4.69, 9.17) is 9.97 Å². The van der Waals surface area contributed by atoms with Crippen LogP contribution in [-0.4, -0.2) is 28.2 Å². The fourth-order valence-corrected chi connectivity index (χ4v) is 3.57. The standard InChI is InChI=1S/C18H19N3OS/c22-9-8-18(6-7-18)12-19-17-14-3-1-2-4-15(14)20-16(21-17)13-5-10-23-11-13/h1-5,10-11,22H,6-9,12H2,(H,19,20,21). The Bertz CT molecular complexity index is 812. The summed E-state index contributed by atoms with van der Waals surface area (Å²) in [6.07, 6.45) is 3.22. The number of hydrogen-bond donors (Lipinski definition) is 2. The summed E-state index contributed by atoms with van der Waals surface area (Å²) in [4.78, 5) is 9.45. The fourth-order valence-electron chi connectivity index (χ4n) is 2.93. The van der Waals surface area contributed by atoms with Crippen molar-refractivity contribution < 1.29 is 5.11 Å². The minimum absolute atomic E-state index is 0.253. The second-order valence-corrected chi connectivity index (χ2v) is 7.03. The van der Waals surface area contributed by atoms with E-state index in [-0.39, 0.29) is 12.0 Å². The Labute approximate surface area is 139 Å². The normalized spacial score (nSPS) is 15.7. The van der Waals surface area contributed by atoms with Gasteiger partial charge < -0.3 is 10.4 Å². The van der Waals surface area contributed by atoms with Crippen molar-refractivity contribution in [1.82, 2.24) is 9.97 Å². The van der Waals surface area contributed by atoms with Gasteiger partial charge in [0.1, 0.15) is 5.82 Å². The number of benzene rings is 1. The van der Waals surface area contributed by atoms with Crippen LogP contribution in [0.4, 0.5) is 5.82 Å². The van der Waals surface area contributed by atoms with Crippen LogP contribution in [0.15, 0.2) is 41.1 Å². The molecule has 0 unspecified atom stereocenters. The quantitative estimate of drug-likeness (QED) is 0.721. The molecule has 4 nitrogen and oxygen atoms in total. The first-order valence-corrected chi connectivity index (χ1v) is 8.88. The van der Waals surface area contributed by atoms with Crippen molar-refractivity contribution in [1.29, 1.82) is 0 Å². The number of aliphatic hydroxyl groups excluding tert-OH is 1. The number of fused-ring (bicyclic) bond motifs is 1. The predicted octanol–water partition coefficient (Wildman–Crippen LogP) is 3.93. The average molecular weight is 325 g/mol. The van der Waals surface area contributed by atoms with Crippen molar-refractivity contribution in [3.8, 4) is 11.4 Å². The number of hydrogen-bond acceptors (Lipinski definition) is 5. The van der Waals surface area contributed by atoms with E-state index in [1.807, 2.05) is 29.6 Å². The van der Waals surface area contributed by atoms with Gasteiger partial charge in [0.2, 0.25) is 0 Å². The second kappa shape index (κ2) is 5.91. The van der Waals surface area contributed by atoms with E-state index in [2.05, 4.69) is 16.8 Å². The van der Waals surface area contributed by atoms with Gasteiger partial charge in [-0.15, -0.1) is 0 Å². The minimum Gasteiger partial charge on any atom is -0.396 e. The molecule has 0 amide bonds. The molecule has 118 valence electrons. The van der Waals surface area contributed by atoms with E-state index in [0.717, 1.165) is 41.1 Å². The molecule has 1 saturated carbocycles. The number of aliphatic hydroxyl groups is 1. The first-order chi connectivity index (χ1) is 11.3. The summed E-state index contributed by atoms with van der Waals surface area (Å²) in [5.41, 5.74) is 2.27. The Morgan fingerprint density at radius 2 is 2.04 bits per heavy atom. The monoisotopic (exact) mass is 325 g/mol. The molecule has 1 aliphatic carbocycles. The molecular weight excluding hydrogens is 306 g/mol. The zero-order valence-corrected chi connectivity index (χ0v) is 13.6. The summed E-state index contributed by atoms with van der Waals surface area (Å²) in [5, 5.41) is 17.9. The lowest BCUT2D eigenvalue weighted by Crippen LogP contribution is -2.17. The third-order valence-electron chi connectivity index (χ3n) is 4.61. The molecule has 1 aliphatic rings.